The Hall–Kier alpha value is -2.57. The van der Waals surface area contributed by atoms with Gasteiger partial charge in [0.05, 0.1) is 11.3 Å². The molecule has 0 spiro atoms. The van der Waals surface area contributed by atoms with E-state index in [4.69, 9.17) is 0 Å². The van der Waals surface area contributed by atoms with Crippen LogP contribution in [-0.2, 0) is 11.3 Å². The highest BCUT2D eigenvalue weighted by molar-refractivity contribution is 5.98. The Kier molecular flexibility index (Phi) is 5.68. The minimum Gasteiger partial charge on any atom is -0.343 e. The van der Waals surface area contributed by atoms with Crippen molar-refractivity contribution in [3.63, 3.8) is 0 Å². The first kappa shape index (κ1) is 19.2. The molecule has 0 unspecified atom stereocenters. The highest BCUT2D eigenvalue weighted by Crippen LogP contribution is 2.24. The molecule has 0 atom stereocenters. The van der Waals surface area contributed by atoms with E-state index < -0.39 is 11.6 Å². The molecule has 1 aromatic carbocycles. The average Bonchev–Trinajstić information content (AvgIpc) is 2.98. The summed E-state index contributed by atoms with van der Waals surface area (Å²) >= 11 is 0. The number of ketones is 1. The van der Waals surface area contributed by atoms with Crippen molar-refractivity contribution in [3.05, 3.63) is 52.9 Å². The summed E-state index contributed by atoms with van der Waals surface area (Å²) in [6.45, 7) is 5.28. The number of likely N-dealkylation sites (tertiary alicyclic amines) is 1. The third-order valence-corrected chi connectivity index (χ3v) is 5.05. The van der Waals surface area contributed by atoms with Crippen molar-refractivity contribution in [2.75, 3.05) is 13.1 Å². The molecular weight excluding hydrogens is 352 g/mol. The first-order chi connectivity index (χ1) is 12.8. The van der Waals surface area contributed by atoms with E-state index in [1.54, 1.807) is 4.90 Å². The van der Waals surface area contributed by atoms with Gasteiger partial charge in [-0.05, 0) is 51.0 Å². The van der Waals surface area contributed by atoms with E-state index in [-0.39, 0.29) is 23.2 Å². The number of aromatic nitrogens is 2. The molecule has 0 radical (unpaired) electrons. The zero-order valence-corrected chi connectivity index (χ0v) is 15.5. The highest BCUT2D eigenvalue weighted by atomic mass is 19.1. The number of halogens is 2. The van der Waals surface area contributed by atoms with Gasteiger partial charge in [0, 0.05) is 37.7 Å². The molecule has 0 bridgehead atoms. The van der Waals surface area contributed by atoms with Gasteiger partial charge in [-0.1, -0.05) is 0 Å². The van der Waals surface area contributed by atoms with Crippen molar-refractivity contribution in [1.29, 1.82) is 0 Å². The molecule has 1 aliphatic heterocycles. The summed E-state index contributed by atoms with van der Waals surface area (Å²) in [6.07, 6.45) is 1.26. The van der Waals surface area contributed by atoms with Crippen LogP contribution in [0.1, 0.15) is 41.0 Å². The van der Waals surface area contributed by atoms with Crippen molar-refractivity contribution in [2.45, 2.75) is 39.7 Å². The molecule has 2 aromatic rings. The van der Waals surface area contributed by atoms with Gasteiger partial charge >= 0.3 is 0 Å². The number of hydrogen-bond acceptors (Lipinski definition) is 3. The summed E-state index contributed by atoms with van der Waals surface area (Å²) in [6, 6.07) is 4.88. The molecule has 1 aliphatic rings. The van der Waals surface area contributed by atoms with Crippen LogP contribution in [0.5, 0.6) is 0 Å². The molecule has 5 nitrogen and oxygen atoms in total. The minimum atomic E-state index is -0.704. The van der Waals surface area contributed by atoms with E-state index in [1.165, 1.54) is 0 Å². The maximum Gasteiger partial charge on any atom is 0.224 e. The number of Topliss-reactive ketones (excluding diaryl/α,β-unsaturated/α-hetero) is 1. The maximum atomic E-state index is 13.8. The average molecular weight is 375 g/mol. The Bertz CT molecular complexity index is 855. The van der Waals surface area contributed by atoms with Crippen LogP contribution in [0, 0.1) is 31.4 Å². The van der Waals surface area contributed by atoms with Crippen LogP contribution in [-0.4, -0.2) is 39.5 Å². The van der Waals surface area contributed by atoms with Gasteiger partial charge in [-0.2, -0.15) is 5.10 Å². The van der Waals surface area contributed by atoms with Gasteiger partial charge in [0.2, 0.25) is 5.91 Å². The number of nitrogens with zero attached hydrogens (tertiary/aromatic N) is 3. The fourth-order valence-electron chi connectivity index (χ4n) is 3.56. The fourth-order valence-corrected chi connectivity index (χ4v) is 3.56. The van der Waals surface area contributed by atoms with E-state index in [0.717, 1.165) is 29.6 Å². The third-order valence-electron chi connectivity index (χ3n) is 5.05. The molecule has 0 aliphatic carbocycles. The smallest absolute Gasteiger partial charge is 0.224 e. The van der Waals surface area contributed by atoms with Gasteiger partial charge in [-0.15, -0.1) is 0 Å². The monoisotopic (exact) mass is 375 g/mol. The molecule has 144 valence electrons. The number of benzene rings is 1. The summed E-state index contributed by atoms with van der Waals surface area (Å²) < 4.78 is 28.9. The Morgan fingerprint density at radius 1 is 1.15 bits per heavy atom. The predicted octanol–water partition coefficient (Wildman–Crippen LogP) is 3.29. The molecule has 0 saturated carbocycles. The second-order valence-corrected chi connectivity index (χ2v) is 7.04. The summed E-state index contributed by atoms with van der Waals surface area (Å²) in [5.74, 6) is -2.09. The predicted molar refractivity (Wildman–Crippen MR) is 96.3 cm³/mol. The van der Waals surface area contributed by atoms with Crippen LogP contribution < -0.4 is 0 Å². The lowest BCUT2D eigenvalue weighted by Crippen LogP contribution is -2.40. The molecular formula is C20H23F2N3O2. The Labute approximate surface area is 157 Å². The molecule has 1 saturated heterocycles. The Morgan fingerprint density at radius 2 is 1.85 bits per heavy atom. The largest absolute Gasteiger partial charge is 0.343 e. The molecule has 7 heteroatoms. The molecule has 1 amide bonds. The van der Waals surface area contributed by atoms with Gasteiger partial charge in [0.1, 0.15) is 11.6 Å². The van der Waals surface area contributed by atoms with Gasteiger partial charge in [-0.3, -0.25) is 14.3 Å². The minimum absolute atomic E-state index is 0.0189. The van der Waals surface area contributed by atoms with E-state index in [2.05, 4.69) is 5.10 Å². The number of piperidine rings is 1. The van der Waals surface area contributed by atoms with Crippen LogP contribution in [0.15, 0.2) is 24.3 Å². The third kappa shape index (κ3) is 4.40. The van der Waals surface area contributed by atoms with E-state index in [9.17, 15) is 18.4 Å². The standard InChI is InChI=1S/C20H23F2N3O2/c1-13-11-14(2)25(23-13)10-7-19(26)24-8-5-15(6-9-24)20(27)17-12-16(21)3-4-18(17)22/h3-4,11-12,15H,5-10H2,1-2H3. The molecule has 3 rings (SSSR count). The van der Waals surface area contributed by atoms with Crippen molar-refractivity contribution >= 4 is 11.7 Å². The molecule has 2 heterocycles. The second kappa shape index (κ2) is 7.98. The van der Waals surface area contributed by atoms with Crippen molar-refractivity contribution in [1.82, 2.24) is 14.7 Å². The van der Waals surface area contributed by atoms with Crippen LogP contribution in [0.2, 0.25) is 0 Å². The SMILES string of the molecule is Cc1cc(C)n(CCC(=O)N2CCC(C(=O)c3cc(F)ccc3F)CC2)n1. The molecule has 27 heavy (non-hydrogen) atoms. The van der Waals surface area contributed by atoms with Gasteiger partial charge in [0.25, 0.3) is 0 Å². The second-order valence-electron chi connectivity index (χ2n) is 7.04. The van der Waals surface area contributed by atoms with Crippen molar-refractivity contribution in [2.24, 2.45) is 5.92 Å². The van der Waals surface area contributed by atoms with Gasteiger partial charge in [0.15, 0.2) is 5.78 Å². The number of amides is 1. The molecule has 1 aromatic heterocycles. The van der Waals surface area contributed by atoms with Gasteiger partial charge in [-0.25, -0.2) is 8.78 Å². The number of hydrogen-bond donors (Lipinski definition) is 0. The lowest BCUT2D eigenvalue weighted by atomic mass is 9.88. The lowest BCUT2D eigenvalue weighted by molar-refractivity contribution is -0.132. The summed E-state index contributed by atoms with van der Waals surface area (Å²) in [5.41, 5.74) is 1.73. The van der Waals surface area contributed by atoms with Crippen molar-refractivity contribution < 1.29 is 18.4 Å². The van der Waals surface area contributed by atoms with E-state index in [1.807, 2.05) is 24.6 Å². The van der Waals surface area contributed by atoms with Gasteiger partial charge < -0.3 is 4.90 Å². The molecule has 1 fully saturated rings. The quantitative estimate of drug-likeness (QED) is 0.754. The van der Waals surface area contributed by atoms with Crippen molar-refractivity contribution in [3.8, 4) is 0 Å². The van der Waals surface area contributed by atoms with Crippen LogP contribution in [0.25, 0.3) is 0 Å². The zero-order valence-electron chi connectivity index (χ0n) is 15.5. The summed E-state index contributed by atoms with van der Waals surface area (Å²) in [7, 11) is 0. The Morgan fingerprint density at radius 3 is 2.48 bits per heavy atom. The summed E-state index contributed by atoms with van der Waals surface area (Å²) in [4.78, 5) is 26.6. The fraction of sp³-hybridized carbons (Fsp3) is 0.450. The maximum absolute atomic E-state index is 13.8. The van der Waals surface area contributed by atoms with Crippen LogP contribution in [0.4, 0.5) is 8.78 Å². The molecule has 0 N–H and O–H groups in total. The Balaban J connectivity index is 1.53. The normalized spacial score (nSPS) is 15.2. The summed E-state index contributed by atoms with van der Waals surface area (Å²) in [5, 5.41) is 4.35. The van der Waals surface area contributed by atoms with Crippen LogP contribution in [0.3, 0.4) is 0 Å². The number of carbonyl (C=O) groups is 2. The van der Waals surface area contributed by atoms with E-state index >= 15 is 0 Å². The lowest BCUT2D eigenvalue weighted by Gasteiger charge is -2.31. The van der Waals surface area contributed by atoms with Crippen LogP contribution >= 0.6 is 0 Å². The number of rotatable bonds is 5. The van der Waals surface area contributed by atoms with E-state index in [0.29, 0.717) is 38.9 Å². The zero-order chi connectivity index (χ0) is 19.6. The highest BCUT2D eigenvalue weighted by Gasteiger charge is 2.29. The first-order valence-corrected chi connectivity index (χ1v) is 9.13. The number of carbonyl (C=O) groups excluding carboxylic acids is 2. The topological polar surface area (TPSA) is 55.2 Å². The first-order valence-electron chi connectivity index (χ1n) is 9.13. The number of aryl methyl sites for hydroxylation is 3.